The number of Topliss-reactive ketones (excluding diaryl/α,β-unsaturated/α-hetero) is 1. The normalized spacial score (nSPS) is 12.0. The molecule has 0 bridgehead atoms. The van der Waals surface area contributed by atoms with Gasteiger partial charge in [0.05, 0.1) is 17.6 Å². The number of amides is 1. The van der Waals surface area contributed by atoms with Gasteiger partial charge < -0.3 is 14.4 Å². The van der Waals surface area contributed by atoms with Crippen molar-refractivity contribution in [3.8, 4) is 0 Å². The van der Waals surface area contributed by atoms with Crippen LogP contribution in [0.5, 0.6) is 0 Å². The van der Waals surface area contributed by atoms with Gasteiger partial charge in [-0.15, -0.1) is 11.3 Å². The number of aromatic nitrogens is 3. The van der Waals surface area contributed by atoms with Gasteiger partial charge in [-0.2, -0.15) is 0 Å². The van der Waals surface area contributed by atoms with Crippen molar-refractivity contribution in [3.05, 3.63) is 46.2 Å². The highest BCUT2D eigenvalue weighted by molar-refractivity contribution is 7.09. The first-order valence-corrected chi connectivity index (χ1v) is 12.7. The summed E-state index contributed by atoms with van der Waals surface area (Å²) in [5, 5.41) is 2.33. The van der Waals surface area contributed by atoms with E-state index < -0.39 is 23.4 Å². The molecule has 2 heterocycles. The Labute approximate surface area is 215 Å². The van der Waals surface area contributed by atoms with Crippen molar-refractivity contribution in [1.82, 2.24) is 19.4 Å². The molecule has 36 heavy (non-hydrogen) atoms. The predicted molar refractivity (Wildman–Crippen MR) is 138 cm³/mol. The molecule has 0 unspecified atom stereocenters. The number of carbonyl (C=O) groups is 3. The number of ether oxygens (including phenoxy) is 2. The molecule has 0 saturated carbocycles. The second-order valence-electron chi connectivity index (χ2n) is 10.5. The fraction of sp³-hybridized carbons (Fsp3) is 0.500. The van der Waals surface area contributed by atoms with Crippen LogP contribution in [0.1, 0.15) is 76.2 Å². The molecule has 0 saturated heterocycles. The molecular weight excluding hydrogens is 480 g/mol. The summed E-state index contributed by atoms with van der Waals surface area (Å²) in [6, 6.07) is 7.40. The van der Waals surface area contributed by atoms with Crippen LogP contribution in [0, 0.1) is 0 Å². The molecule has 3 rings (SSSR count). The first-order valence-electron chi connectivity index (χ1n) is 11.9. The molecule has 0 N–H and O–H groups in total. The number of fused-ring (bicyclic) bond motifs is 1. The van der Waals surface area contributed by atoms with Crippen LogP contribution in [-0.2, 0) is 22.4 Å². The van der Waals surface area contributed by atoms with Gasteiger partial charge in [-0.1, -0.05) is 12.1 Å². The zero-order valence-corrected chi connectivity index (χ0v) is 22.8. The van der Waals surface area contributed by atoms with E-state index >= 15 is 0 Å². The van der Waals surface area contributed by atoms with Gasteiger partial charge in [0.2, 0.25) is 0 Å². The number of benzene rings is 1. The second-order valence-corrected chi connectivity index (χ2v) is 11.5. The molecule has 10 heteroatoms. The summed E-state index contributed by atoms with van der Waals surface area (Å²) in [7, 11) is 0. The van der Waals surface area contributed by atoms with E-state index in [0.717, 1.165) is 0 Å². The molecule has 9 nitrogen and oxygen atoms in total. The maximum Gasteiger partial charge on any atom is 0.420 e. The molecule has 0 fully saturated rings. The Morgan fingerprint density at radius 3 is 2.28 bits per heavy atom. The molecule has 0 aliphatic heterocycles. The molecule has 0 spiro atoms. The summed E-state index contributed by atoms with van der Waals surface area (Å²) in [5.41, 5.74) is 0.435. The lowest BCUT2D eigenvalue weighted by Crippen LogP contribution is -2.37. The van der Waals surface area contributed by atoms with Crippen LogP contribution in [0.3, 0.4) is 0 Å². The van der Waals surface area contributed by atoms with E-state index in [1.165, 1.54) is 22.8 Å². The molecule has 194 valence electrons. The standard InChI is InChI=1S/C26H34N4O5S/c1-17(31)19-16-36-22(28-19)15-29(23(32)34-25(2,3)4)14-10-13-21-27-18-11-8-9-12-20(18)30(21)24(33)35-26(5,6)7/h8-9,11-12,16H,10,13-15H2,1-7H3. The summed E-state index contributed by atoms with van der Waals surface area (Å²) < 4.78 is 12.7. The van der Waals surface area contributed by atoms with Crippen molar-refractivity contribution in [2.24, 2.45) is 0 Å². The molecule has 2 aromatic heterocycles. The third kappa shape index (κ3) is 7.36. The number of rotatable bonds is 7. The number of aryl methyl sites for hydroxylation is 1. The predicted octanol–water partition coefficient (Wildman–Crippen LogP) is 5.85. The van der Waals surface area contributed by atoms with Gasteiger partial charge in [0.1, 0.15) is 27.7 Å². The summed E-state index contributed by atoms with van der Waals surface area (Å²) in [6.45, 7) is 12.9. The van der Waals surface area contributed by atoms with E-state index in [1.807, 2.05) is 65.8 Å². The van der Waals surface area contributed by atoms with Crippen LogP contribution in [0.4, 0.5) is 9.59 Å². The van der Waals surface area contributed by atoms with Crippen LogP contribution in [0.25, 0.3) is 11.0 Å². The Balaban J connectivity index is 1.80. The van der Waals surface area contributed by atoms with Gasteiger partial charge in [0.25, 0.3) is 0 Å². The Morgan fingerprint density at radius 2 is 1.67 bits per heavy atom. The van der Waals surface area contributed by atoms with E-state index in [9.17, 15) is 14.4 Å². The van der Waals surface area contributed by atoms with Gasteiger partial charge in [-0.3, -0.25) is 4.79 Å². The fourth-order valence-electron chi connectivity index (χ4n) is 3.45. The topological polar surface area (TPSA) is 104 Å². The first kappa shape index (κ1) is 27.3. The lowest BCUT2D eigenvalue weighted by molar-refractivity contribution is 0.0230. The van der Waals surface area contributed by atoms with Gasteiger partial charge in [0.15, 0.2) is 5.78 Å². The van der Waals surface area contributed by atoms with E-state index in [4.69, 9.17) is 9.47 Å². The highest BCUT2D eigenvalue weighted by atomic mass is 32.1. The van der Waals surface area contributed by atoms with Crippen LogP contribution in [0.15, 0.2) is 29.6 Å². The van der Waals surface area contributed by atoms with Crippen LogP contribution >= 0.6 is 11.3 Å². The highest BCUT2D eigenvalue weighted by Gasteiger charge is 2.25. The molecule has 0 atom stereocenters. The second kappa shape index (κ2) is 10.8. The number of imidazole rings is 1. The van der Waals surface area contributed by atoms with Gasteiger partial charge in [-0.05, 0) is 60.1 Å². The van der Waals surface area contributed by atoms with Crippen molar-refractivity contribution in [2.45, 2.75) is 79.1 Å². The molecule has 0 aliphatic carbocycles. The Bertz CT molecular complexity index is 1250. The number of hydrogen-bond acceptors (Lipinski definition) is 8. The summed E-state index contributed by atoms with van der Waals surface area (Å²) in [4.78, 5) is 48.1. The quantitative estimate of drug-likeness (QED) is 0.364. The minimum atomic E-state index is -0.659. The van der Waals surface area contributed by atoms with E-state index in [-0.39, 0.29) is 12.3 Å². The number of thiazole rings is 1. The molecule has 3 aromatic rings. The number of para-hydroxylation sites is 2. The molecule has 1 aromatic carbocycles. The van der Waals surface area contributed by atoms with E-state index in [0.29, 0.717) is 46.9 Å². The minimum Gasteiger partial charge on any atom is -0.444 e. The van der Waals surface area contributed by atoms with Crippen molar-refractivity contribution >= 4 is 40.3 Å². The van der Waals surface area contributed by atoms with E-state index in [2.05, 4.69) is 9.97 Å². The summed E-state index contributed by atoms with van der Waals surface area (Å²) in [6.07, 6.45) is -0.00226. The number of hydrogen-bond donors (Lipinski definition) is 0. The third-order valence-corrected chi connectivity index (χ3v) is 5.76. The van der Waals surface area contributed by atoms with Gasteiger partial charge in [0, 0.05) is 25.3 Å². The third-order valence-electron chi connectivity index (χ3n) is 4.93. The van der Waals surface area contributed by atoms with E-state index in [1.54, 1.807) is 10.3 Å². The van der Waals surface area contributed by atoms with Gasteiger partial charge in [-0.25, -0.2) is 24.1 Å². The zero-order valence-electron chi connectivity index (χ0n) is 22.0. The monoisotopic (exact) mass is 514 g/mol. The Morgan fingerprint density at radius 1 is 1.00 bits per heavy atom. The minimum absolute atomic E-state index is 0.123. The highest BCUT2D eigenvalue weighted by Crippen LogP contribution is 2.21. The van der Waals surface area contributed by atoms with Crippen molar-refractivity contribution in [1.29, 1.82) is 0 Å². The zero-order chi connectivity index (χ0) is 26.7. The smallest absolute Gasteiger partial charge is 0.420 e. The average molecular weight is 515 g/mol. The largest absolute Gasteiger partial charge is 0.444 e. The SMILES string of the molecule is CC(=O)c1csc(CN(CCCc2nc3ccccc3n2C(=O)OC(C)(C)C)C(=O)OC(C)(C)C)n1. The number of carbonyl (C=O) groups excluding carboxylic acids is 3. The van der Waals surface area contributed by atoms with Crippen molar-refractivity contribution in [3.63, 3.8) is 0 Å². The first-order chi connectivity index (χ1) is 16.7. The molecular formula is C26H34N4O5S. The van der Waals surface area contributed by atoms with Crippen molar-refractivity contribution < 1.29 is 23.9 Å². The summed E-state index contributed by atoms with van der Waals surface area (Å²) in [5.74, 6) is 0.435. The molecule has 1 amide bonds. The number of nitrogens with zero attached hydrogens (tertiary/aromatic N) is 4. The molecule has 0 radical (unpaired) electrons. The van der Waals surface area contributed by atoms with Crippen LogP contribution in [0.2, 0.25) is 0 Å². The van der Waals surface area contributed by atoms with Gasteiger partial charge >= 0.3 is 12.2 Å². The maximum absolute atomic E-state index is 13.0. The maximum atomic E-state index is 13.0. The van der Waals surface area contributed by atoms with Crippen molar-refractivity contribution in [2.75, 3.05) is 6.54 Å². The average Bonchev–Trinajstić information content (AvgIpc) is 3.35. The number of ketones is 1. The lowest BCUT2D eigenvalue weighted by Gasteiger charge is -2.27. The van der Waals surface area contributed by atoms with Crippen LogP contribution < -0.4 is 0 Å². The molecule has 0 aliphatic rings. The Hall–Kier alpha value is -3.27. The lowest BCUT2D eigenvalue weighted by atomic mass is 10.2. The Kier molecular flexibility index (Phi) is 8.18. The van der Waals surface area contributed by atoms with Crippen LogP contribution in [-0.4, -0.2) is 55.2 Å². The summed E-state index contributed by atoms with van der Waals surface area (Å²) >= 11 is 1.33. The fourth-order valence-corrected chi connectivity index (χ4v) is 4.30.